The highest BCUT2D eigenvalue weighted by atomic mass is 16.1. The van der Waals surface area contributed by atoms with Crippen LogP contribution in [0.5, 0.6) is 0 Å². The molecule has 0 saturated carbocycles. The molecule has 0 aliphatic carbocycles. The van der Waals surface area contributed by atoms with E-state index in [0.717, 1.165) is 19.4 Å². The van der Waals surface area contributed by atoms with Gasteiger partial charge in [-0.3, -0.25) is 4.79 Å². The molecule has 122 valence electrons. The first-order valence-electron chi connectivity index (χ1n) is 8.18. The number of anilines is 1. The summed E-state index contributed by atoms with van der Waals surface area (Å²) in [5, 5.41) is 6.05. The van der Waals surface area contributed by atoms with Crippen LogP contribution in [0, 0.1) is 0 Å². The highest BCUT2D eigenvalue weighted by Crippen LogP contribution is 2.03. The van der Waals surface area contributed by atoms with Gasteiger partial charge in [-0.05, 0) is 24.5 Å². The van der Waals surface area contributed by atoms with E-state index < -0.39 is 0 Å². The van der Waals surface area contributed by atoms with Crippen LogP contribution in [0.4, 0.5) is 5.95 Å². The maximum absolute atomic E-state index is 12.1. The van der Waals surface area contributed by atoms with Gasteiger partial charge >= 0.3 is 0 Å². The van der Waals surface area contributed by atoms with Crippen LogP contribution in [0.2, 0.25) is 0 Å². The minimum atomic E-state index is -0.167. The van der Waals surface area contributed by atoms with Crippen LogP contribution in [-0.4, -0.2) is 29.0 Å². The number of carbonyl (C=O) groups is 1. The van der Waals surface area contributed by atoms with Crippen LogP contribution in [0.3, 0.4) is 0 Å². The average Bonchev–Trinajstić information content (AvgIpc) is 2.60. The highest BCUT2D eigenvalue weighted by molar-refractivity contribution is 5.92. The van der Waals surface area contributed by atoms with E-state index >= 15 is 0 Å². The monoisotopic (exact) mass is 312 g/mol. The lowest BCUT2D eigenvalue weighted by atomic mass is 10.1. The van der Waals surface area contributed by atoms with Crippen molar-refractivity contribution in [2.45, 2.75) is 32.6 Å². The number of rotatable bonds is 9. The second-order valence-electron chi connectivity index (χ2n) is 5.39. The molecule has 1 heterocycles. The molecular formula is C18H24N4O. The van der Waals surface area contributed by atoms with Gasteiger partial charge in [-0.1, -0.05) is 50.1 Å². The smallest absolute Gasteiger partial charge is 0.270 e. The topological polar surface area (TPSA) is 66.9 Å². The molecule has 1 aromatic carbocycles. The van der Waals surface area contributed by atoms with Gasteiger partial charge < -0.3 is 10.6 Å². The van der Waals surface area contributed by atoms with E-state index in [1.165, 1.54) is 18.4 Å². The van der Waals surface area contributed by atoms with Crippen LogP contribution in [0.25, 0.3) is 0 Å². The minimum Gasteiger partial charge on any atom is -0.354 e. The molecule has 0 radical (unpaired) electrons. The van der Waals surface area contributed by atoms with Crippen molar-refractivity contribution in [3.8, 4) is 0 Å². The summed E-state index contributed by atoms with van der Waals surface area (Å²) < 4.78 is 0. The Morgan fingerprint density at radius 1 is 1.09 bits per heavy atom. The van der Waals surface area contributed by atoms with Gasteiger partial charge in [0.15, 0.2) is 0 Å². The van der Waals surface area contributed by atoms with E-state index in [0.29, 0.717) is 18.2 Å². The Balaban J connectivity index is 1.79. The van der Waals surface area contributed by atoms with E-state index in [2.05, 4.69) is 39.7 Å². The van der Waals surface area contributed by atoms with Crippen LogP contribution in [-0.2, 0) is 6.42 Å². The normalized spacial score (nSPS) is 10.3. The van der Waals surface area contributed by atoms with Crippen molar-refractivity contribution in [1.82, 2.24) is 15.3 Å². The lowest BCUT2D eigenvalue weighted by Crippen LogP contribution is -2.27. The molecule has 0 spiro atoms. The first kappa shape index (κ1) is 16.9. The van der Waals surface area contributed by atoms with E-state index in [4.69, 9.17) is 0 Å². The molecule has 0 saturated heterocycles. The molecule has 0 unspecified atom stereocenters. The number of benzene rings is 1. The molecule has 1 aromatic heterocycles. The lowest BCUT2D eigenvalue weighted by molar-refractivity contribution is 0.0949. The Morgan fingerprint density at radius 3 is 2.70 bits per heavy atom. The molecule has 2 rings (SSSR count). The van der Waals surface area contributed by atoms with Crippen LogP contribution >= 0.6 is 0 Å². The second kappa shape index (κ2) is 9.56. The summed E-state index contributed by atoms with van der Waals surface area (Å²) >= 11 is 0. The summed E-state index contributed by atoms with van der Waals surface area (Å²) in [5.41, 5.74) is 1.60. The van der Waals surface area contributed by atoms with Gasteiger partial charge in [-0.25, -0.2) is 9.97 Å². The van der Waals surface area contributed by atoms with Gasteiger partial charge in [0.25, 0.3) is 5.91 Å². The zero-order valence-corrected chi connectivity index (χ0v) is 13.6. The molecule has 2 N–H and O–H groups in total. The first-order valence-corrected chi connectivity index (χ1v) is 8.18. The number of hydrogen-bond donors (Lipinski definition) is 2. The van der Waals surface area contributed by atoms with Crippen molar-refractivity contribution in [2.75, 3.05) is 18.4 Å². The standard InChI is InChI=1S/C18H24N4O/c1-2-3-7-12-20-18-21-14-11-16(22-18)17(23)19-13-10-15-8-5-4-6-9-15/h4-6,8-9,11,14H,2-3,7,10,12-13H2,1H3,(H,19,23)(H,20,21,22). The van der Waals surface area contributed by atoms with Gasteiger partial charge in [0.2, 0.25) is 5.95 Å². The SMILES string of the molecule is CCCCCNc1nccc(C(=O)NCCc2ccccc2)n1. The molecule has 0 aliphatic heterocycles. The van der Waals surface area contributed by atoms with Crippen LogP contribution in [0.15, 0.2) is 42.6 Å². The maximum atomic E-state index is 12.1. The Bertz CT molecular complexity index is 601. The zero-order chi connectivity index (χ0) is 16.3. The number of nitrogens with zero attached hydrogens (tertiary/aromatic N) is 2. The minimum absolute atomic E-state index is 0.167. The van der Waals surface area contributed by atoms with E-state index in [9.17, 15) is 4.79 Å². The van der Waals surface area contributed by atoms with Crippen LogP contribution in [0.1, 0.15) is 42.2 Å². The van der Waals surface area contributed by atoms with Crippen molar-refractivity contribution >= 4 is 11.9 Å². The molecular weight excluding hydrogens is 288 g/mol. The third-order valence-electron chi connectivity index (χ3n) is 3.49. The summed E-state index contributed by atoms with van der Waals surface area (Å²) in [6.07, 6.45) is 5.84. The van der Waals surface area contributed by atoms with Gasteiger partial charge in [-0.15, -0.1) is 0 Å². The van der Waals surface area contributed by atoms with E-state index in [-0.39, 0.29) is 5.91 Å². The molecule has 5 nitrogen and oxygen atoms in total. The van der Waals surface area contributed by atoms with Gasteiger partial charge in [0.05, 0.1) is 0 Å². The predicted octanol–water partition coefficient (Wildman–Crippen LogP) is 3.05. The van der Waals surface area contributed by atoms with Gasteiger partial charge in [-0.2, -0.15) is 0 Å². The number of carbonyl (C=O) groups excluding carboxylic acids is 1. The third kappa shape index (κ3) is 6.06. The molecule has 0 aliphatic rings. The maximum Gasteiger partial charge on any atom is 0.270 e. The quantitative estimate of drug-likeness (QED) is 0.698. The molecule has 0 atom stereocenters. The largest absolute Gasteiger partial charge is 0.354 e. The Morgan fingerprint density at radius 2 is 1.91 bits per heavy atom. The lowest BCUT2D eigenvalue weighted by Gasteiger charge is -2.07. The fraction of sp³-hybridized carbons (Fsp3) is 0.389. The molecule has 23 heavy (non-hydrogen) atoms. The van der Waals surface area contributed by atoms with Crippen molar-refractivity contribution in [3.63, 3.8) is 0 Å². The molecule has 0 bridgehead atoms. The summed E-state index contributed by atoms with van der Waals surface area (Å²) in [6.45, 7) is 3.58. The number of amides is 1. The molecule has 0 fully saturated rings. The van der Waals surface area contributed by atoms with E-state index in [1.807, 2.05) is 18.2 Å². The Labute approximate surface area is 137 Å². The first-order chi connectivity index (χ1) is 11.3. The predicted molar refractivity (Wildman–Crippen MR) is 92.5 cm³/mol. The van der Waals surface area contributed by atoms with Crippen molar-refractivity contribution in [3.05, 3.63) is 53.9 Å². The molecule has 2 aromatic rings. The number of nitrogens with one attached hydrogen (secondary N) is 2. The number of unbranched alkanes of at least 4 members (excludes halogenated alkanes) is 2. The highest BCUT2D eigenvalue weighted by Gasteiger charge is 2.08. The summed E-state index contributed by atoms with van der Waals surface area (Å²) in [4.78, 5) is 20.5. The Kier molecular flexibility index (Phi) is 7.04. The van der Waals surface area contributed by atoms with Crippen LogP contribution < -0.4 is 10.6 Å². The summed E-state index contributed by atoms with van der Waals surface area (Å²) in [7, 11) is 0. The Hall–Kier alpha value is -2.43. The van der Waals surface area contributed by atoms with Crippen molar-refractivity contribution in [1.29, 1.82) is 0 Å². The zero-order valence-electron chi connectivity index (χ0n) is 13.6. The summed E-state index contributed by atoms with van der Waals surface area (Å²) in [5.74, 6) is 0.344. The fourth-order valence-corrected chi connectivity index (χ4v) is 2.20. The molecule has 5 heteroatoms. The van der Waals surface area contributed by atoms with E-state index in [1.54, 1.807) is 12.3 Å². The van der Waals surface area contributed by atoms with Crippen molar-refractivity contribution < 1.29 is 4.79 Å². The van der Waals surface area contributed by atoms with Crippen molar-refractivity contribution in [2.24, 2.45) is 0 Å². The van der Waals surface area contributed by atoms with Gasteiger partial charge in [0.1, 0.15) is 5.69 Å². The average molecular weight is 312 g/mol. The number of aromatic nitrogens is 2. The van der Waals surface area contributed by atoms with Gasteiger partial charge in [0, 0.05) is 19.3 Å². The fourth-order valence-electron chi connectivity index (χ4n) is 2.20. The summed E-state index contributed by atoms with van der Waals surface area (Å²) in [6, 6.07) is 11.7. The number of hydrogen-bond acceptors (Lipinski definition) is 4. The third-order valence-corrected chi connectivity index (χ3v) is 3.49. The second-order valence-corrected chi connectivity index (χ2v) is 5.39. The molecule has 1 amide bonds.